The first kappa shape index (κ1) is 19.9. The highest BCUT2D eigenvalue weighted by Crippen LogP contribution is 2.39. The summed E-state index contributed by atoms with van der Waals surface area (Å²) in [5.74, 6) is 1.40. The molecule has 24 heavy (non-hydrogen) atoms. The van der Waals surface area contributed by atoms with E-state index in [4.69, 9.17) is 23.7 Å². The molecule has 136 valence electrons. The quantitative estimate of drug-likeness (QED) is 0.699. The third kappa shape index (κ3) is 5.47. The number of nitrogens with zero attached hydrogens (tertiary/aromatic N) is 1. The summed E-state index contributed by atoms with van der Waals surface area (Å²) in [4.78, 5) is 14.1. The van der Waals surface area contributed by atoms with E-state index >= 15 is 0 Å². The van der Waals surface area contributed by atoms with Crippen molar-refractivity contribution in [3.63, 3.8) is 0 Å². The Bertz CT molecular complexity index is 490. The first-order chi connectivity index (χ1) is 11.6. The van der Waals surface area contributed by atoms with Gasteiger partial charge < -0.3 is 33.9 Å². The zero-order chi connectivity index (χ0) is 17.9. The van der Waals surface area contributed by atoms with Gasteiger partial charge in [0.25, 0.3) is 0 Å². The Hall–Kier alpha value is -2.19. The molecule has 1 N–H and O–H groups in total. The molecule has 0 unspecified atom stereocenters. The Morgan fingerprint density at radius 2 is 1.42 bits per heavy atom. The number of ether oxygens (including phenoxy) is 5. The molecule has 0 saturated heterocycles. The summed E-state index contributed by atoms with van der Waals surface area (Å²) in [7, 11) is 7.74. The lowest BCUT2D eigenvalue weighted by Crippen LogP contribution is -2.39. The number of carbonyl (C=O) groups is 1. The number of amides is 2. The van der Waals surface area contributed by atoms with E-state index in [0.29, 0.717) is 49.2 Å². The number of hydrogen-bond donors (Lipinski definition) is 1. The van der Waals surface area contributed by atoms with Gasteiger partial charge >= 0.3 is 6.03 Å². The maximum Gasteiger partial charge on any atom is 0.322 e. The van der Waals surface area contributed by atoms with Crippen molar-refractivity contribution in [2.24, 2.45) is 0 Å². The largest absolute Gasteiger partial charge is 0.493 e. The molecule has 0 saturated carbocycles. The lowest BCUT2D eigenvalue weighted by atomic mass is 10.2. The second-order valence-electron chi connectivity index (χ2n) is 4.82. The second-order valence-corrected chi connectivity index (χ2v) is 4.82. The standard InChI is InChI=1S/C16H26N2O6/c1-20-8-6-18(7-9-21-2)16(19)17-12-10-13(22-3)15(24-5)14(11-12)23-4/h10-11H,6-9H2,1-5H3,(H,17,19). The van der Waals surface area contributed by atoms with Crippen LogP contribution >= 0.6 is 0 Å². The van der Waals surface area contributed by atoms with Crippen molar-refractivity contribution >= 4 is 11.7 Å². The van der Waals surface area contributed by atoms with Crippen molar-refractivity contribution < 1.29 is 28.5 Å². The van der Waals surface area contributed by atoms with Crippen LogP contribution in [-0.4, -0.2) is 72.8 Å². The third-order valence-electron chi connectivity index (χ3n) is 3.33. The number of methoxy groups -OCH3 is 5. The van der Waals surface area contributed by atoms with Gasteiger partial charge in [0, 0.05) is 39.4 Å². The minimum Gasteiger partial charge on any atom is -0.493 e. The Morgan fingerprint density at radius 3 is 1.79 bits per heavy atom. The van der Waals surface area contributed by atoms with Crippen LogP contribution in [0, 0.1) is 0 Å². The molecule has 8 heteroatoms. The van der Waals surface area contributed by atoms with Gasteiger partial charge in [0.05, 0.1) is 40.2 Å². The molecule has 0 bridgehead atoms. The summed E-state index contributed by atoms with van der Waals surface area (Å²) >= 11 is 0. The van der Waals surface area contributed by atoms with Crippen molar-refractivity contribution in [1.82, 2.24) is 4.90 Å². The van der Waals surface area contributed by atoms with E-state index in [1.165, 1.54) is 21.3 Å². The first-order valence-corrected chi connectivity index (χ1v) is 7.45. The molecule has 0 fully saturated rings. The summed E-state index contributed by atoms with van der Waals surface area (Å²) < 4.78 is 25.9. The van der Waals surface area contributed by atoms with Crippen molar-refractivity contribution in [3.8, 4) is 17.2 Å². The molecule has 1 aromatic carbocycles. The fourth-order valence-electron chi connectivity index (χ4n) is 2.07. The fourth-order valence-corrected chi connectivity index (χ4v) is 2.07. The lowest BCUT2D eigenvalue weighted by molar-refractivity contribution is 0.127. The van der Waals surface area contributed by atoms with Gasteiger partial charge in [-0.3, -0.25) is 0 Å². The lowest BCUT2D eigenvalue weighted by Gasteiger charge is -2.23. The third-order valence-corrected chi connectivity index (χ3v) is 3.33. The van der Waals surface area contributed by atoms with E-state index in [1.807, 2.05) is 0 Å². The van der Waals surface area contributed by atoms with Crippen LogP contribution in [0.15, 0.2) is 12.1 Å². The highest BCUT2D eigenvalue weighted by atomic mass is 16.5. The van der Waals surface area contributed by atoms with Gasteiger partial charge in [-0.05, 0) is 0 Å². The molecule has 0 heterocycles. The van der Waals surface area contributed by atoms with Gasteiger partial charge in [0.15, 0.2) is 11.5 Å². The minimum atomic E-state index is -0.265. The predicted octanol–water partition coefficient (Wildman–Crippen LogP) is 1.84. The fraction of sp³-hybridized carbons (Fsp3) is 0.562. The maximum absolute atomic E-state index is 12.5. The number of hydrogen-bond acceptors (Lipinski definition) is 6. The van der Waals surface area contributed by atoms with Gasteiger partial charge in [-0.2, -0.15) is 0 Å². The number of carbonyl (C=O) groups excluding carboxylic acids is 1. The van der Waals surface area contributed by atoms with Crippen LogP contribution in [0.3, 0.4) is 0 Å². The molecule has 0 atom stereocenters. The molecule has 0 spiro atoms. The van der Waals surface area contributed by atoms with E-state index in [9.17, 15) is 4.79 Å². The Kier molecular flexibility index (Phi) is 8.74. The average Bonchev–Trinajstić information content (AvgIpc) is 2.60. The minimum absolute atomic E-state index is 0.265. The van der Waals surface area contributed by atoms with Crippen LogP contribution in [-0.2, 0) is 9.47 Å². The molecular weight excluding hydrogens is 316 g/mol. The van der Waals surface area contributed by atoms with Crippen molar-refractivity contribution in [2.45, 2.75) is 0 Å². The molecular formula is C16H26N2O6. The van der Waals surface area contributed by atoms with Crippen LogP contribution in [0.25, 0.3) is 0 Å². The summed E-state index contributed by atoms with van der Waals surface area (Å²) in [6.45, 7) is 1.78. The Morgan fingerprint density at radius 1 is 0.917 bits per heavy atom. The second kappa shape index (κ2) is 10.6. The topological polar surface area (TPSA) is 78.5 Å². The normalized spacial score (nSPS) is 10.2. The molecule has 0 aliphatic heterocycles. The molecule has 1 aromatic rings. The molecule has 0 aliphatic rings. The number of benzene rings is 1. The molecule has 0 radical (unpaired) electrons. The Labute approximate surface area is 142 Å². The van der Waals surface area contributed by atoms with E-state index in [0.717, 1.165) is 0 Å². The molecule has 0 aromatic heterocycles. The van der Waals surface area contributed by atoms with E-state index < -0.39 is 0 Å². The molecule has 0 aliphatic carbocycles. The van der Waals surface area contributed by atoms with Crippen molar-refractivity contribution in [2.75, 3.05) is 67.2 Å². The maximum atomic E-state index is 12.5. The van der Waals surface area contributed by atoms with E-state index in [1.54, 1.807) is 31.3 Å². The van der Waals surface area contributed by atoms with Crippen molar-refractivity contribution in [3.05, 3.63) is 12.1 Å². The zero-order valence-electron chi connectivity index (χ0n) is 14.9. The van der Waals surface area contributed by atoms with Crippen LogP contribution in [0.2, 0.25) is 0 Å². The smallest absolute Gasteiger partial charge is 0.322 e. The highest BCUT2D eigenvalue weighted by molar-refractivity contribution is 5.90. The number of anilines is 1. The highest BCUT2D eigenvalue weighted by Gasteiger charge is 2.17. The van der Waals surface area contributed by atoms with Gasteiger partial charge in [-0.1, -0.05) is 0 Å². The monoisotopic (exact) mass is 342 g/mol. The van der Waals surface area contributed by atoms with Crippen molar-refractivity contribution in [1.29, 1.82) is 0 Å². The summed E-state index contributed by atoms with van der Waals surface area (Å²) in [6.07, 6.45) is 0. The summed E-state index contributed by atoms with van der Waals surface area (Å²) in [5, 5.41) is 2.82. The van der Waals surface area contributed by atoms with Crippen LogP contribution < -0.4 is 19.5 Å². The average molecular weight is 342 g/mol. The van der Waals surface area contributed by atoms with Crippen LogP contribution in [0.4, 0.5) is 10.5 Å². The van der Waals surface area contributed by atoms with Crippen LogP contribution in [0.5, 0.6) is 17.2 Å². The molecule has 8 nitrogen and oxygen atoms in total. The van der Waals surface area contributed by atoms with Gasteiger partial charge in [0.1, 0.15) is 0 Å². The molecule has 1 rings (SSSR count). The van der Waals surface area contributed by atoms with E-state index in [2.05, 4.69) is 5.32 Å². The summed E-state index contributed by atoms with van der Waals surface area (Å²) in [5.41, 5.74) is 0.536. The first-order valence-electron chi connectivity index (χ1n) is 7.45. The summed E-state index contributed by atoms with van der Waals surface area (Å²) in [6, 6.07) is 3.08. The van der Waals surface area contributed by atoms with Gasteiger partial charge in [-0.15, -0.1) is 0 Å². The predicted molar refractivity (Wildman–Crippen MR) is 90.4 cm³/mol. The number of urea groups is 1. The van der Waals surface area contributed by atoms with Gasteiger partial charge in [-0.25, -0.2) is 4.79 Å². The van der Waals surface area contributed by atoms with Gasteiger partial charge in [0.2, 0.25) is 5.75 Å². The van der Waals surface area contributed by atoms with Crippen LogP contribution in [0.1, 0.15) is 0 Å². The Balaban J connectivity index is 2.93. The SMILES string of the molecule is COCCN(CCOC)C(=O)Nc1cc(OC)c(OC)c(OC)c1. The zero-order valence-corrected chi connectivity index (χ0v) is 14.9. The molecule has 2 amide bonds. The van der Waals surface area contributed by atoms with E-state index in [-0.39, 0.29) is 6.03 Å². The number of nitrogens with one attached hydrogen (secondary N) is 1. The number of rotatable bonds is 10.